The van der Waals surface area contributed by atoms with Crippen molar-refractivity contribution in [3.63, 3.8) is 0 Å². The van der Waals surface area contributed by atoms with E-state index in [9.17, 15) is 9.59 Å². The molecule has 5 rings (SSSR count). The number of pyridine rings is 1. The number of nitrogen functional groups attached to an aromatic ring is 1. The Bertz CT molecular complexity index is 1010. The Hall–Kier alpha value is -2.90. The lowest BCUT2D eigenvalue weighted by atomic mass is 9.79. The molecule has 4 N–H and O–H groups in total. The molecule has 0 radical (unpaired) electrons. The van der Waals surface area contributed by atoms with Crippen LogP contribution in [0.5, 0.6) is 0 Å². The van der Waals surface area contributed by atoms with Crippen molar-refractivity contribution < 1.29 is 4.79 Å². The molecule has 3 aliphatic rings. The molecule has 8 nitrogen and oxygen atoms in total. The van der Waals surface area contributed by atoms with E-state index in [4.69, 9.17) is 5.73 Å². The van der Waals surface area contributed by atoms with Crippen LogP contribution in [0, 0.1) is 12.3 Å². The van der Waals surface area contributed by atoms with Gasteiger partial charge in [0.25, 0.3) is 11.5 Å². The number of fused-ring (bicyclic) bond motifs is 2. The lowest BCUT2D eigenvalue weighted by Gasteiger charge is -2.39. The number of aryl methyl sites for hydroxylation is 1. The summed E-state index contributed by atoms with van der Waals surface area (Å²) in [5, 5.41) is 6.18. The van der Waals surface area contributed by atoms with Gasteiger partial charge in [-0.05, 0) is 62.5 Å². The van der Waals surface area contributed by atoms with Gasteiger partial charge in [0.1, 0.15) is 35.0 Å². The number of anilines is 3. The Kier molecular flexibility index (Phi) is 3.20. The number of carbonyl (C=O) groups excluding carboxylic acids is 1. The second-order valence-corrected chi connectivity index (χ2v) is 8.17. The Balaban J connectivity index is 1.59. The standard InChI is InChI=1S/C19H22N6O2/c1-11-8-12(23-14-9-13(20)21-10-22-14)17(27)25-15(11)16(26)24-19(25)6-4-18(2-3-18)5-7-19/h8-10H,2-7H2,1H3,(H,24,26)(H3,20,21,22,23). The average molecular weight is 366 g/mol. The van der Waals surface area contributed by atoms with Gasteiger partial charge >= 0.3 is 0 Å². The fourth-order valence-electron chi connectivity index (χ4n) is 4.65. The van der Waals surface area contributed by atoms with Crippen molar-refractivity contribution in [1.82, 2.24) is 19.9 Å². The summed E-state index contributed by atoms with van der Waals surface area (Å²) in [6, 6.07) is 3.28. The van der Waals surface area contributed by atoms with E-state index < -0.39 is 5.66 Å². The quantitative estimate of drug-likeness (QED) is 0.749. The Morgan fingerprint density at radius 2 is 1.81 bits per heavy atom. The molecule has 0 aromatic carbocycles. The average Bonchev–Trinajstić information content (AvgIpc) is 3.33. The fraction of sp³-hybridized carbons (Fsp3) is 0.474. The zero-order valence-corrected chi connectivity index (χ0v) is 15.2. The molecule has 0 atom stereocenters. The summed E-state index contributed by atoms with van der Waals surface area (Å²) in [4.78, 5) is 34.0. The highest BCUT2D eigenvalue weighted by atomic mass is 16.2. The Labute approximate surface area is 156 Å². The Morgan fingerprint density at radius 3 is 2.48 bits per heavy atom. The first-order chi connectivity index (χ1) is 12.9. The summed E-state index contributed by atoms with van der Waals surface area (Å²) in [5.74, 6) is 0.612. The number of nitrogens with zero attached hydrogens (tertiary/aromatic N) is 3. The van der Waals surface area contributed by atoms with Crippen molar-refractivity contribution >= 4 is 23.2 Å². The first-order valence-corrected chi connectivity index (χ1v) is 9.36. The normalized spacial score (nSPS) is 21.1. The minimum Gasteiger partial charge on any atom is -0.384 e. The molecule has 8 heteroatoms. The number of aromatic nitrogens is 3. The highest BCUT2D eigenvalue weighted by molar-refractivity contribution is 5.97. The van der Waals surface area contributed by atoms with Crippen LogP contribution < -0.4 is 21.9 Å². The van der Waals surface area contributed by atoms with Crippen molar-refractivity contribution in [3.8, 4) is 0 Å². The van der Waals surface area contributed by atoms with Gasteiger partial charge < -0.3 is 16.4 Å². The highest BCUT2D eigenvalue weighted by Crippen LogP contribution is 2.59. The van der Waals surface area contributed by atoms with E-state index in [2.05, 4.69) is 20.6 Å². The van der Waals surface area contributed by atoms with E-state index in [-0.39, 0.29) is 11.5 Å². The van der Waals surface area contributed by atoms with E-state index in [1.165, 1.54) is 19.2 Å². The summed E-state index contributed by atoms with van der Waals surface area (Å²) in [7, 11) is 0. The van der Waals surface area contributed by atoms with E-state index >= 15 is 0 Å². The molecule has 2 aliphatic carbocycles. The predicted octanol–water partition coefficient (Wildman–Crippen LogP) is 2.02. The van der Waals surface area contributed by atoms with Crippen molar-refractivity contribution in [1.29, 1.82) is 0 Å². The van der Waals surface area contributed by atoms with Crippen LogP contribution in [-0.4, -0.2) is 20.4 Å². The molecule has 0 unspecified atom stereocenters. The topological polar surface area (TPSA) is 115 Å². The summed E-state index contributed by atoms with van der Waals surface area (Å²) in [5.41, 5.74) is 6.97. The van der Waals surface area contributed by atoms with Gasteiger partial charge in [0.05, 0.1) is 0 Å². The number of hydrogen-bond donors (Lipinski definition) is 3. The van der Waals surface area contributed by atoms with Gasteiger partial charge in [0.2, 0.25) is 0 Å². The van der Waals surface area contributed by atoms with Crippen LogP contribution in [0.4, 0.5) is 17.3 Å². The van der Waals surface area contributed by atoms with E-state index in [1.807, 2.05) is 6.92 Å². The maximum atomic E-state index is 13.3. The molecule has 3 heterocycles. The van der Waals surface area contributed by atoms with E-state index in [0.717, 1.165) is 31.2 Å². The monoisotopic (exact) mass is 366 g/mol. The summed E-state index contributed by atoms with van der Waals surface area (Å²) in [6.07, 6.45) is 7.60. The molecule has 2 spiro atoms. The van der Waals surface area contributed by atoms with Crippen LogP contribution in [0.15, 0.2) is 23.3 Å². The van der Waals surface area contributed by atoms with Gasteiger partial charge in [0, 0.05) is 6.07 Å². The highest BCUT2D eigenvalue weighted by Gasteiger charge is 2.53. The molecular formula is C19H22N6O2. The first kappa shape index (κ1) is 16.3. The Morgan fingerprint density at radius 1 is 1.11 bits per heavy atom. The van der Waals surface area contributed by atoms with Crippen molar-refractivity contribution in [3.05, 3.63) is 40.1 Å². The number of carbonyl (C=O) groups is 1. The molecule has 140 valence electrons. The maximum Gasteiger partial charge on any atom is 0.276 e. The van der Waals surface area contributed by atoms with Crippen LogP contribution in [0.1, 0.15) is 54.6 Å². The second-order valence-electron chi connectivity index (χ2n) is 8.17. The molecule has 27 heavy (non-hydrogen) atoms. The van der Waals surface area contributed by atoms with E-state index in [0.29, 0.717) is 28.4 Å². The van der Waals surface area contributed by atoms with Gasteiger partial charge in [-0.15, -0.1) is 0 Å². The molecule has 2 aromatic heterocycles. The zero-order valence-electron chi connectivity index (χ0n) is 15.2. The first-order valence-electron chi connectivity index (χ1n) is 9.36. The number of nitrogens with one attached hydrogen (secondary N) is 2. The number of hydrogen-bond acceptors (Lipinski definition) is 6. The van der Waals surface area contributed by atoms with Gasteiger partial charge in [-0.3, -0.25) is 14.2 Å². The van der Waals surface area contributed by atoms with Gasteiger partial charge in [-0.2, -0.15) is 0 Å². The number of rotatable bonds is 2. The maximum absolute atomic E-state index is 13.3. The van der Waals surface area contributed by atoms with Crippen LogP contribution in [0.2, 0.25) is 0 Å². The molecule has 2 saturated carbocycles. The van der Waals surface area contributed by atoms with E-state index in [1.54, 1.807) is 16.7 Å². The molecule has 0 saturated heterocycles. The van der Waals surface area contributed by atoms with Crippen molar-refractivity contribution in [2.45, 2.75) is 51.1 Å². The molecule has 2 aromatic rings. The minimum atomic E-state index is -0.607. The van der Waals surface area contributed by atoms with Gasteiger partial charge in [-0.25, -0.2) is 9.97 Å². The molecule has 1 amide bonds. The number of nitrogens with two attached hydrogens (primary N) is 1. The van der Waals surface area contributed by atoms with Gasteiger partial charge in [-0.1, -0.05) is 0 Å². The third-order valence-electron chi connectivity index (χ3n) is 6.43. The number of amides is 1. The molecular weight excluding hydrogens is 344 g/mol. The smallest absolute Gasteiger partial charge is 0.276 e. The third kappa shape index (κ3) is 2.43. The predicted molar refractivity (Wildman–Crippen MR) is 101 cm³/mol. The molecule has 1 aliphatic heterocycles. The molecule has 0 bridgehead atoms. The lowest BCUT2D eigenvalue weighted by Crippen LogP contribution is -2.50. The minimum absolute atomic E-state index is 0.158. The second kappa shape index (κ2) is 5.31. The summed E-state index contributed by atoms with van der Waals surface area (Å²) < 4.78 is 1.69. The van der Waals surface area contributed by atoms with Crippen molar-refractivity contribution in [2.24, 2.45) is 5.41 Å². The summed E-state index contributed by atoms with van der Waals surface area (Å²) in [6.45, 7) is 1.86. The van der Waals surface area contributed by atoms with Crippen LogP contribution in [0.3, 0.4) is 0 Å². The van der Waals surface area contributed by atoms with Crippen LogP contribution >= 0.6 is 0 Å². The van der Waals surface area contributed by atoms with Gasteiger partial charge in [0.15, 0.2) is 0 Å². The zero-order chi connectivity index (χ0) is 18.8. The largest absolute Gasteiger partial charge is 0.384 e. The summed E-state index contributed by atoms with van der Waals surface area (Å²) >= 11 is 0. The lowest BCUT2D eigenvalue weighted by molar-refractivity contribution is 0.0822. The molecule has 2 fully saturated rings. The van der Waals surface area contributed by atoms with Crippen LogP contribution in [-0.2, 0) is 5.66 Å². The third-order valence-corrected chi connectivity index (χ3v) is 6.43. The SMILES string of the molecule is Cc1cc(Nc2cc(N)ncn2)c(=O)n2c1C(=O)NC21CCC2(CC2)CC1. The fourth-order valence-corrected chi connectivity index (χ4v) is 4.65. The van der Waals surface area contributed by atoms with Crippen molar-refractivity contribution in [2.75, 3.05) is 11.1 Å². The van der Waals surface area contributed by atoms with Crippen LogP contribution in [0.25, 0.3) is 0 Å².